The van der Waals surface area contributed by atoms with Gasteiger partial charge in [0.1, 0.15) is 5.69 Å². The van der Waals surface area contributed by atoms with Crippen molar-refractivity contribution < 1.29 is 9.59 Å². The Labute approximate surface area is 146 Å². The lowest BCUT2D eigenvalue weighted by Gasteiger charge is -2.10. The van der Waals surface area contributed by atoms with Crippen LogP contribution in [0.25, 0.3) is 10.9 Å². The Morgan fingerprint density at radius 3 is 2.58 bits per heavy atom. The van der Waals surface area contributed by atoms with E-state index in [1.54, 1.807) is 36.4 Å². The highest BCUT2D eigenvalue weighted by atomic mass is 16.2. The van der Waals surface area contributed by atoms with E-state index in [0.29, 0.717) is 10.9 Å². The molecule has 0 bridgehead atoms. The van der Waals surface area contributed by atoms with E-state index in [4.69, 9.17) is 0 Å². The van der Waals surface area contributed by atoms with Crippen LogP contribution in [0.1, 0.15) is 16.9 Å². The molecule has 0 saturated heterocycles. The monoisotopic (exact) mass is 353 g/mol. The largest absolute Gasteiger partial charge is 0.328 e. The van der Waals surface area contributed by atoms with Crippen molar-refractivity contribution >= 4 is 22.7 Å². The first-order chi connectivity index (χ1) is 12.6. The predicted molar refractivity (Wildman–Crippen MR) is 93.3 cm³/mol. The quantitative estimate of drug-likeness (QED) is 0.566. The van der Waals surface area contributed by atoms with Crippen LogP contribution in [0.2, 0.25) is 0 Å². The number of H-pyrrole nitrogens is 1. The van der Waals surface area contributed by atoms with Crippen LogP contribution >= 0.6 is 0 Å². The maximum Gasteiger partial charge on any atom is 0.328 e. The second-order valence-electron chi connectivity index (χ2n) is 5.40. The summed E-state index contributed by atoms with van der Waals surface area (Å²) in [4.78, 5) is 53.6. The summed E-state index contributed by atoms with van der Waals surface area (Å²) in [6.07, 6.45) is 1.39. The van der Waals surface area contributed by atoms with Gasteiger partial charge in [0.2, 0.25) is 5.91 Å². The number of rotatable bonds is 4. The molecule has 3 N–H and O–H groups in total. The molecule has 3 aromatic rings. The molecule has 0 saturated carbocycles. The number of pyridine rings is 1. The fourth-order valence-corrected chi connectivity index (χ4v) is 2.43. The topological polar surface area (TPSA) is 126 Å². The Morgan fingerprint density at radius 1 is 1.04 bits per heavy atom. The molecule has 0 atom stereocenters. The Kier molecular flexibility index (Phi) is 4.88. The van der Waals surface area contributed by atoms with Gasteiger partial charge in [0, 0.05) is 19.2 Å². The standard InChI is InChI=1S/C17H15N5O4/c23-14(20-21-16(25)12-6-3-4-9-18-12)8-10-22-13-7-2-1-5-11(13)15(24)19-17(22)26/h1-7,9H,8,10H2,(H,20,23)(H,21,25)(H,19,24,26). The number of amides is 2. The number of hydrogen-bond acceptors (Lipinski definition) is 5. The number of aromatic nitrogens is 3. The highest BCUT2D eigenvalue weighted by Crippen LogP contribution is 2.06. The lowest BCUT2D eigenvalue weighted by Crippen LogP contribution is -2.42. The highest BCUT2D eigenvalue weighted by molar-refractivity contribution is 5.93. The first-order valence-corrected chi connectivity index (χ1v) is 7.78. The summed E-state index contributed by atoms with van der Waals surface area (Å²) in [6, 6.07) is 11.4. The summed E-state index contributed by atoms with van der Waals surface area (Å²) in [5, 5.41) is 0.357. The Balaban J connectivity index is 1.65. The molecule has 9 heteroatoms. The molecule has 0 aliphatic heterocycles. The zero-order valence-electron chi connectivity index (χ0n) is 13.6. The van der Waals surface area contributed by atoms with Gasteiger partial charge in [-0.25, -0.2) is 4.79 Å². The van der Waals surface area contributed by atoms with Crippen LogP contribution in [0.3, 0.4) is 0 Å². The summed E-state index contributed by atoms with van der Waals surface area (Å²) >= 11 is 0. The molecule has 0 fully saturated rings. The van der Waals surface area contributed by atoms with Gasteiger partial charge in [-0.15, -0.1) is 0 Å². The third-order valence-electron chi connectivity index (χ3n) is 3.68. The lowest BCUT2D eigenvalue weighted by atomic mass is 10.2. The van der Waals surface area contributed by atoms with Crippen LogP contribution in [-0.2, 0) is 11.3 Å². The molecule has 3 rings (SSSR count). The van der Waals surface area contributed by atoms with E-state index in [1.165, 1.54) is 16.8 Å². The Hall–Kier alpha value is -3.75. The molecule has 0 aliphatic carbocycles. The fraction of sp³-hybridized carbons (Fsp3) is 0.118. The minimum atomic E-state index is -0.598. The number of fused-ring (bicyclic) bond motifs is 1. The number of nitrogens with one attached hydrogen (secondary N) is 3. The average molecular weight is 353 g/mol. The van der Waals surface area contributed by atoms with Crippen molar-refractivity contribution in [3.63, 3.8) is 0 Å². The van der Waals surface area contributed by atoms with Crippen LogP contribution in [0.5, 0.6) is 0 Å². The molecule has 26 heavy (non-hydrogen) atoms. The first-order valence-electron chi connectivity index (χ1n) is 7.78. The minimum Gasteiger partial charge on any atom is -0.293 e. The number of carbonyl (C=O) groups excluding carboxylic acids is 2. The van der Waals surface area contributed by atoms with Crippen molar-refractivity contribution in [3.8, 4) is 0 Å². The van der Waals surface area contributed by atoms with Crippen LogP contribution in [0.15, 0.2) is 58.3 Å². The van der Waals surface area contributed by atoms with Gasteiger partial charge in [-0.2, -0.15) is 0 Å². The number of aryl methyl sites for hydroxylation is 1. The highest BCUT2D eigenvalue weighted by Gasteiger charge is 2.10. The van der Waals surface area contributed by atoms with E-state index in [0.717, 1.165) is 0 Å². The summed E-state index contributed by atoms with van der Waals surface area (Å²) in [5.74, 6) is -1.04. The molecule has 9 nitrogen and oxygen atoms in total. The maximum absolute atomic E-state index is 12.0. The van der Waals surface area contributed by atoms with Gasteiger partial charge in [-0.3, -0.25) is 39.8 Å². The molecule has 0 aliphatic rings. The number of hydrogen-bond donors (Lipinski definition) is 3. The van der Waals surface area contributed by atoms with Crippen molar-refractivity contribution in [1.82, 2.24) is 25.4 Å². The van der Waals surface area contributed by atoms with Gasteiger partial charge in [0.05, 0.1) is 10.9 Å². The van der Waals surface area contributed by atoms with Gasteiger partial charge < -0.3 is 0 Å². The van der Waals surface area contributed by atoms with Crippen molar-refractivity contribution in [2.45, 2.75) is 13.0 Å². The minimum absolute atomic E-state index is 0.0431. The van der Waals surface area contributed by atoms with Gasteiger partial charge >= 0.3 is 5.69 Å². The number of para-hydroxylation sites is 1. The number of nitrogens with zero attached hydrogens (tertiary/aromatic N) is 2. The van der Waals surface area contributed by atoms with Crippen molar-refractivity contribution in [2.24, 2.45) is 0 Å². The molecular weight excluding hydrogens is 338 g/mol. The van der Waals surface area contributed by atoms with E-state index in [-0.39, 0.29) is 18.7 Å². The van der Waals surface area contributed by atoms with E-state index in [2.05, 4.69) is 20.8 Å². The summed E-state index contributed by atoms with van der Waals surface area (Å²) < 4.78 is 1.30. The molecule has 0 unspecified atom stereocenters. The van der Waals surface area contributed by atoms with E-state index in [1.807, 2.05) is 0 Å². The van der Waals surface area contributed by atoms with Crippen LogP contribution in [0.4, 0.5) is 0 Å². The fourth-order valence-electron chi connectivity index (χ4n) is 2.43. The molecule has 132 valence electrons. The van der Waals surface area contributed by atoms with Crippen molar-refractivity contribution in [1.29, 1.82) is 0 Å². The number of hydrazine groups is 1. The predicted octanol–water partition coefficient (Wildman–Crippen LogP) is -0.0639. The van der Waals surface area contributed by atoms with Crippen LogP contribution < -0.4 is 22.1 Å². The van der Waals surface area contributed by atoms with E-state index in [9.17, 15) is 19.2 Å². The SMILES string of the molecule is O=C(CCn1c(=O)[nH]c(=O)c2ccccc21)NNC(=O)c1ccccn1. The second kappa shape index (κ2) is 7.43. The van der Waals surface area contributed by atoms with Gasteiger partial charge in [-0.1, -0.05) is 18.2 Å². The van der Waals surface area contributed by atoms with Gasteiger partial charge in [-0.05, 0) is 24.3 Å². The Morgan fingerprint density at radius 2 is 1.81 bits per heavy atom. The normalized spacial score (nSPS) is 10.5. The maximum atomic E-state index is 12.0. The third-order valence-corrected chi connectivity index (χ3v) is 3.68. The van der Waals surface area contributed by atoms with Gasteiger partial charge in [0.25, 0.3) is 11.5 Å². The summed E-state index contributed by atoms with van der Waals surface area (Å²) in [6.45, 7) is 0.0431. The van der Waals surface area contributed by atoms with Crippen molar-refractivity contribution in [3.05, 3.63) is 75.2 Å². The van der Waals surface area contributed by atoms with E-state index < -0.39 is 23.1 Å². The molecule has 2 heterocycles. The lowest BCUT2D eigenvalue weighted by molar-refractivity contribution is -0.122. The number of carbonyl (C=O) groups is 2. The van der Waals surface area contributed by atoms with E-state index >= 15 is 0 Å². The Bertz CT molecular complexity index is 1070. The number of aromatic amines is 1. The summed E-state index contributed by atoms with van der Waals surface area (Å²) in [5.41, 5.74) is 4.04. The smallest absolute Gasteiger partial charge is 0.293 e. The van der Waals surface area contributed by atoms with Crippen LogP contribution in [0, 0.1) is 0 Å². The average Bonchev–Trinajstić information content (AvgIpc) is 2.66. The zero-order valence-corrected chi connectivity index (χ0v) is 13.6. The van der Waals surface area contributed by atoms with Crippen LogP contribution in [-0.4, -0.2) is 26.3 Å². The summed E-state index contributed by atoms with van der Waals surface area (Å²) in [7, 11) is 0. The molecule has 2 amide bonds. The second-order valence-corrected chi connectivity index (χ2v) is 5.40. The molecule has 0 radical (unpaired) electrons. The number of benzene rings is 1. The first kappa shape index (κ1) is 17.1. The molecule has 1 aromatic carbocycles. The van der Waals surface area contributed by atoms with Gasteiger partial charge in [0.15, 0.2) is 0 Å². The molecular formula is C17H15N5O4. The molecule has 2 aromatic heterocycles. The molecule has 0 spiro atoms. The third kappa shape index (κ3) is 3.66. The van der Waals surface area contributed by atoms with Crippen molar-refractivity contribution in [2.75, 3.05) is 0 Å². The zero-order chi connectivity index (χ0) is 18.5.